The maximum absolute atomic E-state index is 10.9. The van der Waals surface area contributed by atoms with E-state index in [0.29, 0.717) is 11.8 Å². The van der Waals surface area contributed by atoms with Crippen LogP contribution in [0.1, 0.15) is 39.5 Å². The zero-order valence-electron chi connectivity index (χ0n) is 9.77. The van der Waals surface area contributed by atoms with Crippen LogP contribution in [0.2, 0.25) is 0 Å². The number of rotatable bonds is 2. The van der Waals surface area contributed by atoms with Crippen LogP contribution >= 0.6 is 0 Å². The highest BCUT2D eigenvalue weighted by Crippen LogP contribution is 2.46. The van der Waals surface area contributed by atoms with Crippen LogP contribution in [-0.2, 0) is 19.1 Å². The topological polar surface area (TPSA) is 52.6 Å². The van der Waals surface area contributed by atoms with Crippen molar-refractivity contribution in [1.82, 2.24) is 0 Å². The van der Waals surface area contributed by atoms with Gasteiger partial charge in [0, 0.05) is 25.7 Å². The van der Waals surface area contributed by atoms with Gasteiger partial charge in [0.1, 0.15) is 12.2 Å². The summed E-state index contributed by atoms with van der Waals surface area (Å²) in [5.74, 6) is 0.379. The van der Waals surface area contributed by atoms with Crippen LogP contribution in [0.3, 0.4) is 0 Å². The Balaban J connectivity index is 1.95. The Morgan fingerprint density at radius 1 is 0.812 bits per heavy atom. The van der Waals surface area contributed by atoms with Crippen molar-refractivity contribution < 1.29 is 19.1 Å². The minimum Gasteiger partial charge on any atom is -0.462 e. The van der Waals surface area contributed by atoms with Gasteiger partial charge in [-0.25, -0.2) is 0 Å². The second-order valence-electron chi connectivity index (χ2n) is 4.78. The van der Waals surface area contributed by atoms with Crippen molar-refractivity contribution in [3.05, 3.63) is 0 Å². The van der Waals surface area contributed by atoms with Crippen molar-refractivity contribution in [3.8, 4) is 0 Å². The molecule has 0 amide bonds. The molecule has 2 fully saturated rings. The Bertz CT molecular complexity index is 269. The van der Waals surface area contributed by atoms with Crippen LogP contribution in [0.4, 0.5) is 0 Å². The Hall–Kier alpha value is -1.06. The highest BCUT2D eigenvalue weighted by molar-refractivity contribution is 5.66. The van der Waals surface area contributed by atoms with Gasteiger partial charge in [-0.3, -0.25) is 9.59 Å². The van der Waals surface area contributed by atoms with Crippen LogP contribution in [0.15, 0.2) is 0 Å². The predicted octanol–water partition coefficient (Wildman–Crippen LogP) is 1.67. The van der Waals surface area contributed by atoms with Gasteiger partial charge in [0.25, 0.3) is 0 Å². The van der Waals surface area contributed by atoms with Gasteiger partial charge in [0.2, 0.25) is 0 Å². The SMILES string of the molecule is CC(=O)O[C@@H]1CC[C@@H]2[C@H]1CC[C@H]2OC(C)=O. The molecular weight excluding hydrogens is 208 g/mol. The van der Waals surface area contributed by atoms with E-state index in [1.807, 2.05) is 0 Å². The molecule has 0 saturated heterocycles. The van der Waals surface area contributed by atoms with Gasteiger partial charge in [-0.2, -0.15) is 0 Å². The Labute approximate surface area is 95.3 Å². The third kappa shape index (κ3) is 2.20. The molecule has 4 atom stereocenters. The van der Waals surface area contributed by atoms with E-state index in [1.165, 1.54) is 13.8 Å². The normalized spacial score (nSPS) is 36.9. The summed E-state index contributed by atoms with van der Waals surface area (Å²) in [6.45, 7) is 2.90. The number of hydrogen-bond donors (Lipinski definition) is 0. The summed E-state index contributed by atoms with van der Waals surface area (Å²) in [5.41, 5.74) is 0. The van der Waals surface area contributed by atoms with Crippen molar-refractivity contribution in [2.75, 3.05) is 0 Å². The molecule has 0 heterocycles. The molecule has 2 aliphatic rings. The van der Waals surface area contributed by atoms with Crippen molar-refractivity contribution in [3.63, 3.8) is 0 Å². The summed E-state index contributed by atoms with van der Waals surface area (Å²) in [4.78, 5) is 21.9. The molecule has 0 aromatic carbocycles. The lowest BCUT2D eigenvalue weighted by molar-refractivity contribution is -0.150. The first-order chi connectivity index (χ1) is 7.58. The van der Waals surface area contributed by atoms with E-state index in [0.717, 1.165) is 25.7 Å². The number of ether oxygens (including phenoxy) is 2. The summed E-state index contributed by atoms with van der Waals surface area (Å²) in [7, 11) is 0. The molecule has 2 aliphatic carbocycles. The monoisotopic (exact) mass is 226 g/mol. The molecule has 0 aliphatic heterocycles. The number of hydrogen-bond acceptors (Lipinski definition) is 4. The highest BCUT2D eigenvalue weighted by atomic mass is 16.6. The smallest absolute Gasteiger partial charge is 0.302 e. The largest absolute Gasteiger partial charge is 0.462 e. The average molecular weight is 226 g/mol. The zero-order valence-corrected chi connectivity index (χ0v) is 9.77. The number of carbonyl (C=O) groups is 2. The fraction of sp³-hybridized carbons (Fsp3) is 0.833. The van der Waals surface area contributed by atoms with E-state index in [4.69, 9.17) is 9.47 Å². The van der Waals surface area contributed by atoms with Gasteiger partial charge >= 0.3 is 11.9 Å². The van der Waals surface area contributed by atoms with E-state index < -0.39 is 0 Å². The van der Waals surface area contributed by atoms with Gasteiger partial charge in [0.15, 0.2) is 0 Å². The lowest BCUT2D eigenvalue weighted by atomic mass is 9.98. The van der Waals surface area contributed by atoms with Gasteiger partial charge in [-0.05, 0) is 25.7 Å². The van der Waals surface area contributed by atoms with Gasteiger partial charge in [-0.1, -0.05) is 0 Å². The van der Waals surface area contributed by atoms with Crippen LogP contribution in [-0.4, -0.2) is 24.1 Å². The molecule has 0 unspecified atom stereocenters. The molecule has 2 saturated carbocycles. The second kappa shape index (κ2) is 4.44. The minimum atomic E-state index is -0.207. The molecular formula is C12H18O4. The van der Waals surface area contributed by atoms with Crippen molar-refractivity contribution >= 4 is 11.9 Å². The van der Waals surface area contributed by atoms with Crippen LogP contribution < -0.4 is 0 Å². The first kappa shape index (κ1) is 11.4. The standard InChI is InChI=1S/C12H18O4/c1-7(13)15-11-5-3-10-9(11)4-6-12(10)16-8(2)14/h9-12H,3-6H2,1-2H3/t9-,10-,11-,12-/m1/s1. The second-order valence-corrected chi connectivity index (χ2v) is 4.78. The zero-order chi connectivity index (χ0) is 11.7. The van der Waals surface area contributed by atoms with Gasteiger partial charge in [0.05, 0.1) is 0 Å². The highest BCUT2D eigenvalue weighted by Gasteiger charge is 2.47. The molecule has 4 heteroatoms. The Morgan fingerprint density at radius 2 is 1.19 bits per heavy atom. The van der Waals surface area contributed by atoms with Crippen LogP contribution in [0.25, 0.3) is 0 Å². The predicted molar refractivity (Wildman–Crippen MR) is 56.6 cm³/mol. The summed E-state index contributed by atoms with van der Waals surface area (Å²) in [6, 6.07) is 0. The fourth-order valence-electron chi connectivity index (χ4n) is 3.21. The summed E-state index contributed by atoms with van der Waals surface area (Å²) < 4.78 is 10.6. The van der Waals surface area contributed by atoms with E-state index in [-0.39, 0.29) is 24.1 Å². The molecule has 16 heavy (non-hydrogen) atoms. The summed E-state index contributed by atoms with van der Waals surface area (Å²) in [5, 5.41) is 0. The summed E-state index contributed by atoms with van der Waals surface area (Å²) >= 11 is 0. The molecule has 90 valence electrons. The maximum atomic E-state index is 10.9. The molecule has 0 N–H and O–H groups in total. The van der Waals surface area contributed by atoms with E-state index >= 15 is 0 Å². The third-order valence-electron chi connectivity index (χ3n) is 3.71. The van der Waals surface area contributed by atoms with Gasteiger partial charge < -0.3 is 9.47 Å². The lowest BCUT2D eigenvalue weighted by Gasteiger charge is -2.20. The third-order valence-corrected chi connectivity index (χ3v) is 3.71. The number of esters is 2. The molecule has 2 rings (SSSR count). The molecule has 0 aromatic heterocycles. The molecule has 4 nitrogen and oxygen atoms in total. The van der Waals surface area contributed by atoms with Gasteiger partial charge in [-0.15, -0.1) is 0 Å². The summed E-state index contributed by atoms with van der Waals surface area (Å²) in [6.07, 6.45) is 3.91. The first-order valence-corrected chi connectivity index (χ1v) is 5.92. The quantitative estimate of drug-likeness (QED) is 0.672. The van der Waals surface area contributed by atoms with E-state index in [2.05, 4.69) is 0 Å². The van der Waals surface area contributed by atoms with E-state index in [1.54, 1.807) is 0 Å². The Morgan fingerprint density at radius 3 is 1.50 bits per heavy atom. The molecule has 0 radical (unpaired) electrons. The minimum absolute atomic E-state index is 0.0445. The van der Waals surface area contributed by atoms with E-state index in [9.17, 15) is 9.59 Å². The van der Waals surface area contributed by atoms with Crippen molar-refractivity contribution in [2.24, 2.45) is 11.8 Å². The van der Waals surface area contributed by atoms with Crippen molar-refractivity contribution in [1.29, 1.82) is 0 Å². The maximum Gasteiger partial charge on any atom is 0.302 e. The van der Waals surface area contributed by atoms with Crippen molar-refractivity contribution in [2.45, 2.75) is 51.7 Å². The average Bonchev–Trinajstić information content (AvgIpc) is 2.70. The first-order valence-electron chi connectivity index (χ1n) is 5.92. The lowest BCUT2D eigenvalue weighted by Crippen LogP contribution is -2.25. The molecule has 0 aromatic rings. The number of carbonyl (C=O) groups excluding carboxylic acids is 2. The molecule has 0 bridgehead atoms. The van der Waals surface area contributed by atoms with Crippen LogP contribution in [0.5, 0.6) is 0 Å². The Kier molecular flexibility index (Phi) is 3.17. The van der Waals surface area contributed by atoms with Crippen LogP contribution in [0, 0.1) is 11.8 Å². The number of fused-ring (bicyclic) bond motifs is 1. The fourth-order valence-corrected chi connectivity index (χ4v) is 3.21. The molecule has 0 spiro atoms.